The summed E-state index contributed by atoms with van der Waals surface area (Å²) in [5, 5.41) is 3.03. The number of halogens is 2. The zero-order valence-corrected chi connectivity index (χ0v) is 12.2. The zero-order chi connectivity index (χ0) is 15.2. The van der Waals surface area contributed by atoms with Gasteiger partial charge in [0.05, 0.1) is 0 Å². The molecule has 0 saturated carbocycles. The Morgan fingerprint density at radius 3 is 2.19 bits per heavy atom. The van der Waals surface area contributed by atoms with Gasteiger partial charge < -0.3 is 10.1 Å². The number of hydrogen-bond acceptors (Lipinski definition) is 2. The van der Waals surface area contributed by atoms with Gasteiger partial charge in [0.15, 0.2) is 17.4 Å². The van der Waals surface area contributed by atoms with E-state index in [1.165, 1.54) is 12.1 Å². The molecular formula is C17H19F2NO. The average Bonchev–Trinajstić information content (AvgIpc) is 2.46. The van der Waals surface area contributed by atoms with Crippen molar-refractivity contribution in [1.82, 2.24) is 5.32 Å². The second-order valence-electron chi connectivity index (χ2n) is 4.94. The molecule has 2 aromatic rings. The summed E-state index contributed by atoms with van der Waals surface area (Å²) in [4.78, 5) is 0. The van der Waals surface area contributed by atoms with Crippen LogP contribution in [0.3, 0.4) is 0 Å². The van der Waals surface area contributed by atoms with Gasteiger partial charge in [-0.1, -0.05) is 36.8 Å². The summed E-state index contributed by atoms with van der Waals surface area (Å²) in [6.45, 7) is 5.23. The molecule has 0 aliphatic heterocycles. The Labute approximate surface area is 123 Å². The second-order valence-corrected chi connectivity index (χ2v) is 4.94. The van der Waals surface area contributed by atoms with Crippen molar-refractivity contribution >= 4 is 0 Å². The minimum absolute atomic E-state index is 0.140. The van der Waals surface area contributed by atoms with Gasteiger partial charge in [0.2, 0.25) is 0 Å². The van der Waals surface area contributed by atoms with Crippen LogP contribution < -0.4 is 10.1 Å². The van der Waals surface area contributed by atoms with Crippen LogP contribution in [0.5, 0.6) is 5.75 Å². The monoisotopic (exact) mass is 291 g/mol. The Morgan fingerprint density at radius 1 is 1.00 bits per heavy atom. The highest BCUT2D eigenvalue weighted by atomic mass is 19.1. The normalized spacial score (nSPS) is 10.7. The van der Waals surface area contributed by atoms with Gasteiger partial charge in [0, 0.05) is 6.54 Å². The van der Waals surface area contributed by atoms with Crippen LogP contribution in [0.15, 0.2) is 36.4 Å². The van der Waals surface area contributed by atoms with Crippen molar-refractivity contribution in [3.63, 3.8) is 0 Å². The predicted molar refractivity (Wildman–Crippen MR) is 79.2 cm³/mol. The molecule has 0 bridgehead atoms. The van der Waals surface area contributed by atoms with E-state index in [0.717, 1.165) is 17.7 Å². The summed E-state index contributed by atoms with van der Waals surface area (Å²) in [7, 11) is 0. The molecule has 0 amide bonds. The van der Waals surface area contributed by atoms with Crippen molar-refractivity contribution in [3.05, 3.63) is 64.7 Å². The molecule has 0 heterocycles. The number of rotatable bonds is 6. The summed E-state index contributed by atoms with van der Waals surface area (Å²) in [6, 6.07) is 10.2. The smallest absolute Gasteiger partial charge is 0.191 e. The zero-order valence-electron chi connectivity index (χ0n) is 12.2. The van der Waals surface area contributed by atoms with Gasteiger partial charge in [-0.2, -0.15) is 0 Å². The maximum absolute atomic E-state index is 13.9. The van der Waals surface area contributed by atoms with Gasteiger partial charge in [0.25, 0.3) is 0 Å². The van der Waals surface area contributed by atoms with Gasteiger partial charge in [-0.3, -0.25) is 0 Å². The minimum atomic E-state index is -0.671. The topological polar surface area (TPSA) is 21.3 Å². The summed E-state index contributed by atoms with van der Waals surface area (Å²) < 4.78 is 33.1. The van der Waals surface area contributed by atoms with E-state index in [-0.39, 0.29) is 12.4 Å². The first-order valence-corrected chi connectivity index (χ1v) is 6.97. The first-order chi connectivity index (χ1) is 10.1. The Balaban J connectivity index is 2.07. The highest BCUT2D eigenvalue weighted by Crippen LogP contribution is 2.24. The highest BCUT2D eigenvalue weighted by Gasteiger charge is 2.12. The molecule has 2 nitrogen and oxygen atoms in total. The number of nitrogens with one attached hydrogen (secondary N) is 1. The summed E-state index contributed by atoms with van der Waals surface area (Å²) in [6.07, 6.45) is 0. The Bertz CT molecular complexity index is 573. The molecule has 0 unspecified atom stereocenters. The third kappa shape index (κ3) is 4.26. The van der Waals surface area contributed by atoms with Gasteiger partial charge in [-0.05, 0) is 36.7 Å². The number of hydrogen-bond donors (Lipinski definition) is 1. The number of ether oxygens (including phenoxy) is 1. The SMILES string of the molecule is CCNCc1cc(F)c(OCc2ccc(C)cc2)c(F)c1. The average molecular weight is 291 g/mol. The molecule has 0 aliphatic rings. The summed E-state index contributed by atoms with van der Waals surface area (Å²) in [5.74, 6) is -1.67. The molecule has 2 aromatic carbocycles. The fourth-order valence-electron chi connectivity index (χ4n) is 1.96. The Kier molecular flexibility index (Phi) is 5.28. The molecule has 0 aromatic heterocycles. The van der Waals surface area contributed by atoms with Crippen molar-refractivity contribution in [1.29, 1.82) is 0 Å². The number of benzene rings is 2. The lowest BCUT2D eigenvalue weighted by atomic mass is 10.1. The molecule has 4 heteroatoms. The summed E-state index contributed by atoms with van der Waals surface area (Å²) in [5.41, 5.74) is 2.56. The van der Waals surface area contributed by atoms with Gasteiger partial charge in [-0.15, -0.1) is 0 Å². The van der Waals surface area contributed by atoms with Gasteiger partial charge >= 0.3 is 0 Å². The highest BCUT2D eigenvalue weighted by molar-refractivity contribution is 5.32. The van der Waals surface area contributed by atoms with Crippen molar-refractivity contribution in [2.24, 2.45) is 0 Å². The molecule has 0 saturated heterocycles. The molecule has 0 aliphatic carbocycles. The third-order valence-electron chi connectivity index (χ3n) is 3.14. The largest absolute Gasteiger partial charge is 0.483 e. The van der Waals surface area contributed by atoms with E-state index in [9.17, 15) is 8.78 Å². The van der Waals surface area contributed by atoms with E-state index in [2.05, 4.69) is 5.32 Å². The molecule has 0 fully saturated rings. The molecule has 1 N–H and O–H groups in total. The molecule has 0 atom stereocenters. The van der Waals surface area contributed by atoms with E-state index in [4.69, 9.17) is 4.74 Å². The van der Waals surface area contributed by atoms with Crippen LogP contribution in [0.4, 0.5) is 8.78 Å². The first kappa shape index (κ1) is 15.4. The fourth-order valence-corrected chi connectivity index (χ4v) is 1.96. The molecule has 0 spiro atoms. The van der Waals surface area contributed by atoms with Gasteiger partial charge in [-0.25, -0.2) is 8.78 Å². The lowest BCUT2D eigenvalue weighted by Gasteiger charge is -2.11. The van der Waals surface area contributed by atoms with Crippen LogP contribution in [0.25, 0.3) is 0 Å². The quantitative estimate of drug-likeness (QED) is 0.869. The van der Waals surface area contributed by atoms with Crippen LogP contribution in [0.2, 0.25) is 0 Å². The Morgan fingerprint density at radius 2 is 1.62 bits per heavy atom. The van der Waals surface area contributed by atoms with Crippen molar-refractivity contribution in [3.8, 4) is 5.75 Å². The lowest BCUT2D eigenvalue weighted by molar-refractivity contribution is 0.273. The van der Waals surface area contributed by atoms with Crippen LogP contribution in [0.1, 0.15) is 23.6 Å². The van der Waals surface area contributed by atoms with E-state index in [1.807, 2.05) is 38.1 Å². The maximum atomic E-state index is 13.9. The molecule has 0 radical (unpaired) electrons. The van der Waals surface area contributed by atoms with E-state index >= 15 is 0 Å². The fraction of sp³-hybridized carbons (Fsp3) is 0.294. The van der Waals surface area contributed by atoms with E-state index < -0.39 is 11.6 Å². The molecule has 21 heavy (non-hydrogen) atoms. The lowest BCUT2D eigenvalue weighted by Crippen LogP contribution is -2.12. The van der Waals surface area contributed by atoms with Crippen molar-refractivity contribution < 1.29 is 13.5 Å². The predicted octanol–water partition coefficient (Wildman–Crippen LogP) is 3.96. The van der Waals surface area contributed by atoms with Crippen molar-refractivity contribution in [2.45, 2.75) is 27.0 Å². The molecule has 2 rings (SSSR count). The van der Waals surface area contributed by atoms with Gasteiger partial charge in [0.1, 0.15) is 6.61 Å². The maximum Gasteiger partial charge on any atom is 0.191 e. The van der Waals surface area contributed by atoms with Crippen LogP contribution >= 0.6 is 0 Å². The minimum Gasteiger partial charge on any atom is -0.483 e. The molecular weight excluding hydrogens is 272 g/mol. The standard InChI is InChI=1S/C17H19F2NO/c1-3-20-10-14-8-15(18)17(16(19)9-14)21-11-13-6-4-12(2)5-7-13/h4-9,20H,3,10-11H2,1-2H3. The van der Waals surface area contributed by atoms with Crippen LogP contribution in [-0.4, -0.2) is 6.54 Å². The van der Waals surface area contributed by atoms with E-state index in [0.29, 0.717) is 12.1 Å². The van der Waals surface area contributed by atoms with Crippen molar-refractivity contribution in [2.75, 3.05) is 6.54 Å². The Hall–Kier alpha value is -1.94. The second kappa shape index (κ2) is 7.18. The first-order valence-electron chi connectivity index (χ1n) is 6.97. The van der Waals surface area contributed by atoms with E-state index in [1.54, 1.807) is 0 Å². The van der Waals surface area contributed by atoms with Crippen LogP contribution in [0, 0.1) is 18.6 Å². The van der Waals surface area contributed by atoms with Crippen LogP contribution in [-0.2, 0) is 13.2 Å². The summed E-state index contributed by atoms with van der Waals surface area (Å²) >= 11 is 0. The third-order valence-corrected chi connectivity index (χ3v) is 3.14. The number of aryl methyl sites for hydroxylation is 1. The molecule has 112 valence electrons.